The smallest absolute Gasteiger partial charge is 0.657 e. The van der Waals surface area contributed by atoms with E-state index in [1.807, 2.05) is 19.9 Å². The number of aromatic nitrogens is 4. The first-order valence-electron chi connectivity index (χ1n) is 14.6. The van der Waals surface area contributed by atoms with E-state index in [9.17, 15) is 9.59 Å². The number of fused-ring (bicyclic) bond motifs is 8. The summed E-state index contributed by atoms with van der Waals surface area (Å²) >= 11 is 0. The maximum absolute atomic E-state index is 13.4. The molecule has 3 aliphatic rings. The summed E-state index contributed by atoms with van der Waals surface area (Å²) in [7, 11) is 1.41. The Hall–Kier alpha value is -3.38. The molecule has 0 amide bonds. The molecule has 212 valence electrons. The second-order valence-electron chi connectivity index (χ2n) is 11.5. The van der Waals surface area contributed by atoms with Gasteiger partial charge < -0.3 is 14.7 Å². The van der Waals surface area contributed by atoms with Crippen LogP contribution >= 0.6 is 0 Å². The normalized spacial score (nSPS) is 20.2. The number of ether oxygens (including phenoxy) is 1. The number of ketones is 1. The van der Waals surface area contributed by atoms with Crippen LogP contribution in [0.3, 0.4) is 0 Å². The second kappa shape index (κ2) is 11.4. The molecule has 42 heavy (non-hydrogen) atoms. The molecule has 3 aromatic rings. The van der Waals surface area contributed by atoms with Gasteiger partial charge in [-0.05, 0) is 44.7 Å². The first-order chi connectivity index (χ1) is 19.7. The molecule has 1 unspecified atom stereocenters. The van der Waals surface area contributed by atoms with E-state index < -0.39 is 0 Å². The summed E-state index contributed by atoms with van der Waals surface area (Å²) in [6.07, 6.45) is 4.12. The van der Waals surface area contributed by atoms with Crippen molar-refractivity contribution in [3.05, 3.63) is 74.9 Å². The van der Waals surface area contributed by atoms with Gasteiger partial charge >= 0.3 is 25.4 Å². The van der Waals surface area contributed by atoms with Crippen molar-refractivity contribution < 1.29 is 33.8 Å². The minimum absolute atomic E-state index is 0. The molecule has 1 aliphatic carbocycles. The van der Waals surface area contributed by atoms with E-state index >= 15 is 0 Å². The van der Waals surface area contributed by atoms with E-state index in [-0.39, 0.29) is 61.8 Å². The van der Waals surface area contributed by atoms with Crippen LogP contribution in [0.4, 0.5) is 0 Å². The third-order valence-electron chi connectivity index (χ3n) is 9.35. The quantitative estimate of drug-likeness (QED) is 0.244. The van der Waals surface area contributed by atoms with Crippen LogP contribution in [0.1, 0.15) is 114 Å². The van der Waals surface area contributed by atoms with E-state index in [0.717, 1.165) is 73.5 Å². The molecule has 0 saturated carbocycles. The van der Waals surface area contributed by atoms with Gasteiger partial charge in [-0.25, -0.2) is 0 Å². The molecular formula is C34H36N4O3Zn. The predicted molar refractivity (Wildman–Crippen MR) is 160 cm³/mol. The number of methoxy groups -OCH3 is 1. The molecular weight excluding hydrogens is 578 g/mol. The van der Waals surface area contributed by atoms with E-state index in [2.05, 4.69) is 45.9 Å². The SMILES string of the molecule is C/C=C1/c2cc3[n-]c4c(c5nc(cc6[n-]c(cc(n2)C1C)c(CC)c6C)[C@@H](C)[C@@H]5CCC(=O)OC)CC(=O)c4c3C.[Zn+2]. The van der Waals surface area contributed by atoms with Gasteiger partial charge in [0.1, 0.15) is 0 Å². The number of esters is 1. The summed E-state index contributed by atoms with van der Waals surface area (Å²) < 4.78 is 4.96. The minimum atomic E-state index is -0.247. The van der Waals surface area contributed by atoms with Crippen molar-refractivity contribution in [3.63, 3.8) is 0 Å². The molecule has 0 fully saturated rings. The Labute approximate surface area is 259 Å². The Bertz CT molecular complexity index is 1810. The van der Waals surface area contributed by atoms with Crippen molar-refractivity contribution in [2.24, 2.45) is 0 Å². The van der Waals surface area contributed by atoms with Gasteiger partial charge in [-0.15, -0.1) is 22.1 Å². The average molecular weight is 614 g/mol. The van der Waals surface area contributed by atoms with Gasteiger partial charge in [0.05, 0.1) is 12.8 Å². The van der Waals surface area contributed by atoms with Gasteiger partial charge in [-0.2, -0.15) is 0 Å². The molecule has 0 radical (unpaired) electrons. The maximum atomic E-state index is 13.4. The van der Waals surface area contributed by atoms with E-state index in [1.165, 1.54) is 12.7 Å². The fraction of sp³-hybridized carbons (Fsp3) is 0.412. The van der Waals surface area contributed by atoms with E-state index in [4.69, 9.17) is 24.7 Å². The number of nitrogens with zero attached hydrogens (tertiary/aromatic N) is 4. The third-order valence-corrected chi connectivity index (χ3v) is 9.35. The van der Waals surface area contributed by atoms with Crippen molar-refractivity contribution in [2.75, 3.05) is 7.11 Å². The number of carbonyl (C=O) groups is 2. The summed E-state index contributed by atoms with van der Waals surface area (Å²) in [6, 6.07) is 6.24. The van der Waals surface area contributed by atoms with Crippen molar-refractivity contribution in [2.45, 2.75) is 85.0 Å². The molecule has 0 N–H and O–H groups in total. The zero-order valence-corrected chi connectivity index (χ0v) is 28.6. The van der Waals surface area contributed by atoms with Gasteiger partial charge in [0, 0.05) is 53.2 Å². The monoisotopic (exact) mass is 612 g/mol. The zero-order valence-electron chi connectivity index (χ0n) is 25.6. The van der Waals surface area contributed by atoms with Crippen LogP contribution in [0.25, 0.3) is 27.6 Å². The Morgan fingerprint density at radius 2 is 1.76 bits per heavy atom. The van der Waals surface area contributed by atoms with Crippen LogP contribution in [-0.2, 0) is 41.9 Å². The van der Waals surface area contributed by atoms with Crippen molar-refractivity contribution in [3.8, 4) is 0 Å². The van der Waals surface area contributed by atoms with Gasteiger partial charge in [-0.3, -0.25) is 19.6 Å². The van der Waals surface area contributed by atoms with Crippen LogP contribution in [0.2, 0.25) is 0 Å². The molecule has 0 saturated heterocycles. The minimum Gasteiger partial charge on any atom is -0.657 e. The molecule has 3 atom stereocenters. The van der Waals surface area contributed by atoms with Gasteiger partial charge in [0.25, 0.3) is 0 Å². The van der Waals surface area contributed by atoms with Crippen LogP contribution < -0.4 is 9.97 Å². The van der Waals surface area contributed by atoms with Crippen molar-refractivity contribution in [1.29, 1.82) is 0 Å². The standard InChI is InChI=1S/C34H37N4O3.Zn/c1-8-20-16(3)24-13-26-18(5)22(10-11-31(40)41-7)33(37-26)23-12-30(39)32-19(6)27(38-34(23)32)15-29-21(9-2)17(4)25(36-29)14-28(20)35-24;/h9,13-15,17-18,22H,8,10-12H2,1-7H3,(H-,35,36,37,38,39);/q-1;+2/p-1/b21-9+;/t17?,18-,22-;/m0./s1. The Kier molecular flexibility index (Phi) is 8.15. The van der Waals surface area contributed by atoms with E-state index in [1.54, 1.807) is 0 Å². The summed E-state index contributed by atoms with van der Waals surface area (Å²) in [5, 5.41) is 0. The Morgan fingerprint density at radius 1 is 1.05 bits per heavy atom. The topological polar surface area (TPSA) is 97.4 Å². The van der Waals surface area contributed by atoms with E-state index in [0.29, 0.717) is 12.0 Å². The maximum Gasteiger partial charge on any atom is 2.00 e. The van der Waals surface area contributed by atoms with Crippen LogP contribution in [0.15, 0.2) is 24.3 Å². The fourth-order valence-electron chi connectivity index (χ4n) is 6.89. The predicted octanol–water partition coefficient (Wildman–Crippen LogP) is 6.54. The number of carbonyl (C=O) groups excluding carboxylic acids is 2. The summed E-state index contributed by atoms with van der Waals surface area (Å²) in [4.78, 5) is 45.9. The number of hydrogen-bond donors (Lipinski definition) is 0. The molecule has 8 heteroatoms. The second-order valence-corrected chi connectivity index (χ2v) is 11.5. The number of rotatable bonds is 4. The fourth-order valence-corrected chi connectivity index (χ4v) is 6.89. The summed E-state index contributed by atoms with van der Waals surface area (Å²) in [5.74, 6) is -0.0510. The number of allylic oxidation sites excluding steroid dienone is 2. The number of Topliss-reactive ketones (excluding diaryl/α,β-unsaturated/α-hetero) is 1. The largest absolute Gasteiger partial charge is 2.00 e. The van der Waals surface area contributed by atoms with Gasteiger partial charge in [0.15, 0.2) is 5.78 Å². The first-order valence-corrected chi connectivity index (χ1v) is 14.6. The van der Waals surface area contributed by atoms with Crippen molar-refractivity contribution in [1.82, 2.24) is 19.9 Å². The van der Waals surface area contributed by atoms with Crippen LogP contribution in [0.5, 0.6) is 0 Å². The first kappa shape index (κ1) is 30.1. The molecule has 7 nitrogen and oxygen atoms in total. The average Bonchev–Trinajstić information content (AvgIpc) is 3.70. The number of hydrogen-bond acceptors (Lipinski definition) is 5. The summed E-state index contributed by atoms with van der Waals surface area (Å²) in [6.45, 7) is 12.6. The molecule has 0 aromatic carbocycles. The van der Waals surface area contributed by atoms with Gasteiger partial charge in [0.2, 0.25) is 0 Å². The van der Waals surface area contributed by atoms with Crippen molar-refractivity contribution >= 4 is 39.4 Å². The van der Waals surface area contributed by atoms with Gasteiger partial charge in [-0.1, -0.05) is 61.7 Å². The number of aryl methyl sites for hydroxylation is 3. The zero-order chi connectivity index (χ0) is 29.2. The third kappa shape index (κ3) is 4.68. The Morgan fingerprint density at radius 3 is 2.45 bits per heavy atom. The molecule has 3 aromatic heterocycles. The molecule has 5 heterocycles. The Balaban J connectivity index is 0.00000353. The molecule has 6 rings (SSSR count). The summed E-state index contributed by atoms with van der Waals surface area (Å²) in [5.41, 5.74) is 12.9. The molecule has 0 spiro atoms. The molecule has 2 aliphatic heterocycles. The van der Waals surface area contributed by atoms with Crippen LogP contribution in [-0.4, -0.2) is 28.8 Å². The van der Waals surface area contributed by atoms with Crippen LogP contribution in [0, 0.1) is 13.8 Å². The molecule has 8 bridgehead atoms.